The minimum absolute atomic E-state index is 0.413. The summed E-state index contributed by atoms with van der Waals surface area (Å²) in [5.41, 5.74) is 15.8. The quantitative estimate of drug-likeness (QED) is 0.0902. The predicted molar refractivity (Wildman–Crippen MR) is 380 cm³/mol. The van der Waals surface area contributed by atoms with Crippen LogP contribution in [0.5, 0.6) is 0 Å². The average Bonchev–Trinajstić information content (AvgIpc) is 1.74. The van der Waals surface area contributed by atoms with Crippen molar-refractivity contribution in [1.29, 1.82) is 0 Å². The standard InChI is InChI=1S/C80H70N2O2Si3/c1-53-25-21-34-64-65-35-23-39-72(78(65)83-76(53)64)82(55-43-48-58(49-44-55)86(7,8)9)73-52-70-75(63-33-20-19-32-62(63)73)68-50-45-56(51-69(68)80(70,2)3)81(54-41-46-57(47-42-54)85(4,5)6)71-38-22-36-66-67-37-24-40-74(79(67)84-77(66)71)87(59-26-13-10-14-27-59,60-28-15-11-16-29-60)61-30-17-12-18-31-61/h10-52H,1-9H3. The van der Waals surface area contributed by atoms with Gasteiger partial charge in [-0.1, -0.05) is 270 Å². The van der Waals surface area contributed by atoms with Crippen LogP contribution in [0, 0.1) is 6.92 Å². The Morgan fingerprint density at radius 3 is 1.29 bits per heavy atom. The lowest BCUT2D eigenvalue weighted by molar-refractivity contribution is 0.660. The number of aryl methyl sites for hydroxylation is 1. The molecule has 0 saturated carbocycles. The molecule has 0 amide bonds. The lowest BCUT2D eigenvalue weighted by Crippen LogP contribution is -2.74. The molecule has 12 aromatic carbocycles. The summed E-state index contributed by atoms with van der Waals surface area (Å²) in [7, 11) is -6.25. The van der Waals surface area contributed by atoms with Gasteiger partial charge in [0.2, 0.25) is 0 Å². The number of rotatable bonds is 12. The Kier molecular flexibility index (Phi) is 12.8. The van der Waals surface area contributed by atoms with Crippen molar-refractivity contribution in [3.8, 4) is 11.1 Å². The van der Waals surface area contributed by atoms with E-state index < -0.39 is 29.6 Å². The maximum absolute atomic E-state index is 7.69. The normalized spacial score (nSPS) is 13.2. The second-order valence-corrected chi connectivity index (χ2v) is 40.4. The van der Waals surface area contributed by atoms with Gasteiger partial charge in [0.1, 0.15) is 11.2 Å². The molecule has 0 spiro atoms. The third-order valence-corrected chi connectivity index (χ3v) is 27.8. The Balaban J connectivity index is 0.938. The number of hydrogen-bond acceptors (Lipinski definition) is 4. The second-order valence-electron chi connectivity index (χ2n) is 26.5. The van der Waals surface area contributed by atoms with Crippen molar-refractivity contribution in [2.24, 2.45) is 0 Å². The molecule has 424 valence electrons. The first kappa shape index (κ1) is 54.4. The van der Waals surface area contributed by atoms with Gasteiger partial charge in [0.25, 0.3) is 0 Å². The Bertz CT molecular complexity index is 4880. The Hall–Kier alpha value is -9.25. The molecule has 2 aromatic heterocycles. The zero-order chi connectivity index (χ0) is 59.6. The molecule has 2 heterocycles. The van der Waals surface area contributed by atoms with E-state index in [-0.39, 0.29) is 0 Å². The fraction of sp³-hybridized carbons (Fsp3) is 0.125. The summed E-state index contributed by atoms with van der Waals surface area (Å²) in [5, 5.41) is 14.9. The van der Waals surface area contributed by atoms with Crippen LogP contribution >= 0.6 is 0 Å². The average molecular weight is 1180 g/mol. The van der Waals surface area contributed by atoms with E-state index in [0.29, 0.717) is 0 Å². The van der Waals surface area contributed by atoms with Crippen LogP contribution < -0.4 is 40.9 Å². The summed E-state index contributed by atoms with van der Waals surface area (Å²) in [4.78, 5) is 4.93. The summed E-state index contributed by atoms with van der Waals surface area (Å²) in [6.45, 7) is 21.5. The van der Waals surface area contributed by atoms with Gasteiger partial charge in [-0.05, 0) is 115 Å². The lowest BCUT2D eigenvalue weighted by atomic mass is 9.81. The van der Waals surface area contributed by atoms with Crippen LogP contribution in [0.25, 0.3) is 65.8 Å². The van der Waals surface area contributed by atoms with Crippen molar-refractivity contribution in [3.05, 3.63) is 278 Å². The molecule has 0 bridgehead atoms. The zero-order valence-electron chi connectivity index (χ0n) is 51.0. The Morgan fingerprint density at radius 2 is 0.747 bits per heavy atom. The van der Waals surface area contributed by atoms with E-state index in [9.17, 15) is 0 Å². The fourth-order valence-electron chi connectivity index (χ4n) is 14.4. The molecule has 0 aliphatic heterocycles. The first-order chi connectivity index (χ1) is 42.1. The third kappa shape index (κ3) is 8.64. The molecule has 15 rings (SSSR count). The van der Waals surface area contributed by atoms with E-state index in [0.717, 1.165) is 83.6 Å². The molecule has 0 fully saturated rings. The molecule has 7 heteroatoms. The number of hydrogen-bond donors (Lipinski definition) is 0. The molecule has 1 aliphatic carbocycles. The van der Waals surface area contributed by atoms with Crippen LogP contribution in [-0.4, -0.2) is 24.2 Å². The number of anilines is 6. The Morgan fingerprint density at radius 1 is 0.322 bits per heavy atom. The van der Waals surface area contributed by atoms with Crippen molar-refractivity contribution in [2.75, 3.05) is 9.80 Å². The summed E-state index contributed by atoms with van der Waals surface area (Å²) in [6.07, 6.45) is 0. The van der Waals surface area contributed by atoms with Gasteiger partial charge in [0.05, 0.1) is 33.2 Å². The van der Waals surface area contributed by atoms with Crippen molar-refractivity contribution in [1.82, 2.24) is 0 Å². The second kappa shape index (κ2) is 20.5. The minimum Gasteiger partial charge on any atom is -0.454 e. The summed E-state index contributed by atoms with van der Waals surface area (Å²) < 4.78 is 14.7. The van der Waals surface area contributed by atoms with E-state index in [4.69, 9.17) is 8.83 Å². The number of nitrogens with zero attached hydrogens (tertiary/aromatic N) is 2. The van der Waals surface area contributed by atoms with Crippen molar-refractivity contribution >= 4 is 144 Å². The molecule has 14 aromatic rings. The highest BCUT2D eigenvalue weighted by molar-refractivity contribution is 7.20. The molecular formula is C80H70N2O2Si3. The van der Waals surface area contributed by atoms with Crippen LogP contribution in [0.1, 0.15) is 30.5 Å². The monoisotopic (exact) mass is 1170 g/mol. The smallest absolute Gasteiger partial charge is 0.184 e. The van der Waals surface area contributed by atoms with Crippen molar-refractivity contribution in [3.63, 3.8) is 0 Å². The van der Waals surface area contributed by atoms with Crippen molar-refractivity contribution in [2.45, 2.75) is 65.5 Å². The SMILES string of the molecule is Cc1cccc2c1oc1c(N(c3ccc([Si](C)(C)C)cc3)c3cc4c(c5ccccc35)-c3ccc(N(c5ccc([Si](C)(C)C)cc5)c5cccc6c5oc5c([Si](c7ccccc7)(c7ccccc7)c7ccccc7)cccc56)cc3C4(C)C)cccc12. The van der Waals surface area contributed by atoms with Crippen LogP contribution in [0.15, 0.2) is 270 Å². The van der Waals surface area contributed by atoms with E-state index >= 15 is 0 Å². The van der Waals surface area contributed by atoms with Gasteiger partial charge < -0.3 is 18.6 Å². The highest BCUT2D eigenvalue weighted by Gasteiger charge is 2.44. The van der Waals surface area contributed by atoms with Crippen LogP contribution in [0.4, 0.5) is 34.1 Å². The zero-order valence-corrected chi connectivity index (χ0v) is 54.0. The van der Waals surface area contributed by atoms with Gasteiger partial charge in [-0.3, -0.25) is 0 Å². The van der Waals surface area contributed by atoms with Gasteiger partial charge in [-0.15, -0.1) is 0 Å². The maximum Gasteiger partial charge on any atom is 0.184 e. The molecule has 0 unspecified atom stereocenters. The largest absolute Gasteiger partial charge is 0.454 e. The van der Waals surface area contributed by atoms with Gasteiger partial charge in [-0.25, -0.2) is 0 Å². The molecule has 0 radical (unpaired) electrons. The molecule has 0 N–H and O–H groups in total. The highest BCUT2D eigenvalue weighted by atomic mass is 28.3. The van der Waals surface area contributed by atoms with Crippen LogP contribution in [0.3, 0.4) is 0 Å². The fourth-order valence-corrected chi connectivity index (χ4v) is 21.6. The van der Waals surface area contributed by atoms with Crippen LogP contribution in [0.2, 0.25) is 39.3 Å². The number of benzene rings is 12. The number of fused-ring (bicyclic) bond motifs is 11. The Labute approximate surface area is 513 Å². The maximum atomic E-state index is 7.69. The summed E-state index contributed by atoms with van der Waals surface area (Å²) in [6, 6.07) is 97.8. The third-order valence-electron chi connectivity index (χ3n) is 18.8. The van der Waals surface area contributed by atoms with Gasteiger partial charge in [0, 0.05) is 49.4 Å². The summed E-state index contributed by atoms with van der Waals surface area (Å²) in [5.74, 6) is 0. The number of para-hydroxylation sites is 4. The van der Waals surface area contributed by atoms with Gasteiger partial charge in [0.15, 0.2) is 19.2 Å². The van der Waals surface area contributed by atoms with Crippen LogP contribution in [-0.2, 0) is 5.41 Å². The lowest BCUT2D eigenvalue weighted by Gasteiger charge is -2.34. The molecular weight excluding hydrogens is 1110 g/mol. The minimum atomic E-state index is -2.99. The molecule has 0 saturated heterocycles. The highest BCUT2D eigenvalue weighted by Crippen LogP contribution is 2.57. The first-order valence-electron chi connectivity index (χ1n) is 30.7. The summed E-state index contributed by atoms with van der Waals surface area (Å²) >= 11 is 0. The van der Waals surface area contributed by atoms with E-state index in [2.05, 4.69) is 331 Å². The topological polar surface area (TPSA) is 32.8 Å². The van der Waals surface area contributed by atoms with Gasteiger partial charge >= 0.3 is 0 Å². The first-order valence-corrected chi connectivity index (χ1v) is 39.7. The predicted octanol–water partition coefficient (Wildman–Crippen LogP) is 18.7. The molecule has 4 nitrogen and oxygen atoms in total. The molecule has 1 aliphatic rings. The molecule has 87 heavy (non-hydrogen) atoms. The van der Waals surface area contributed by atoms with E-state index in [1.807, 2.05) is 0 Å². The van der Waals surface area contributed by atoms with Gasteiger partial charge in [-0.2, -0.15) is 0 Å². The van der Waals surface area contributed by atoms with E-state index in [1.54, 1.807) is 0 Å². The van der Waals surface area contributed by atoms with E-state index in [1.165, 1.54) is 64.1 Å². The number of furan rings is 2. The van der Waals surface area contributed by atoms with Crippen molar-refractivity contribution < 1.29 is 8.83 Å². The molecule has 0 atom stereocenters.